The maximum absolute atomic E-state index is 13.2. The van der Waals surface area contributed by atoms with Gasteiger partial charge in [-0.15, -0.1) is 0 Å². The Morgan fingerprint density at radius 1 is 1.03 bits per heavy atom. The number of carbonyl (C=O) groups excluding carboxylic acids is 2. The van der Waals surface area contributed by atoms with E-state index in [9.17, 15) is 9.59 Å². The number of pyridine rings is 1. The fourth-order valence-electron chi connectivity index (χ4n) is 5.43. The summed E-state index contributed by atoms with van der Waals surface area (Å²) >= 11 is 0. The Bertz CT molecular complexity index is 1450. The molecule has 7 nitrogen and oxygen atoms in total. The number of nitrogens with zero attached hydrogens (tertiary/aromatic N) is 3. The third-order valence-electron chi connectivity index (χ3n) is 7.71. The van der Waals surface area contributed by atoms with Crippen LogP contribution >= 0.6 is 0 Å². The molecule has 0 atom stereocenters. The third kappa shape index (κ3) is 6.14. The van der Waals surface area contributed by atoms with E-state index >= 15 is 0 Å². The van der Waals surface area contributed by atoms with E-state index in [1.54, 1.807) is 0 Å². The zero-order chi connectivity index (χ0) is 27.4. The number of benzene rings is 2. The third-order valence-corrected chi connectivity index (χ3v) is 7.71. The van der Waals surface area contributed by atoms with Gasteiger partial charge in [-0.2, -0.15) is 0 Å². The summed E-state index contributed by atoms with van der Waals surface area (Å²) in [5, 5.41) is 4.30. The molecule has 1 fully saturated rings. The zero-order valence-corrected chi connectivity index (χ0v) is 23.0. The van der Waals surface area contributed by atoms with Crippen molar-refractivity contribution < 1.29 is 9.59 Å². The quantitative estimate of drug-likeness (QED) is 0.346. The molecule has 2 N–H and O–H groups in total. The summed E-state index contributed by atoms with van der Waals surface area (Å²) in [6, 6.07) is 20.2. The van der Waals surface area contributed by atoms with Crippen LogP contribution in [0.5, 0.6) is 0 Å². The number of H-pyrrole nitrogens is 1. The molecule has 2 amide bonds. The number of aryl methyl sites for hydroxylation is 1. The molecule has 2 aromatic heterocycles. The number of fused-ring (bicyclic) bond motifs is 1. The van der Waals surface area contributed by atoms with Gasteiger partial charge in [-0.3, -0.25) is 14.6 Å². The highest BCUT2D eigenvalue weighted by molar-refractivity contribution is 5.95. The molecule has 0 spiro atoms. The van der Waals surface area contributed by atoms with Crippen LogP contribution in [0.25, 0.3) is 10.9 Å². The van der Waals surface area contributed by atoms with Gasteiger partial charge in [-0.05, 0) is 67.6 Å². The van der Waals surface area contributed by atoms with Gasteiger partial charge in [0, 0.05) is 68.1 Å². The van der Waals surface area contributed by atoms with Crippen LogP contribution in [0, 0.1) is 6.92 Å². The van der Waals surface area contributed by atoms with Crippen LogP contribution in [0.3, 0.4) is 0 Å². The van der Waals surface area contributed by atoms with Crippen molar-refractivity contribution in [2.24, 2.45) is 0 Å². The van der Waals surface area contributed by atoms with E-state index in [1.165, 1.54) is 10.9 Å². The molecule has 4 aromatic rings. The zero-order valence-electron chi connectivity index (χ0n) is 23.0. The number of rotatable bonds is 8. The van der Waals surface area contributed by atoms with Crippen molar-refractivity contribution in [1.29, 1.82) is 0 Å². The standard InChI is InChI=1S/C32H37N5O2/c1-22-8-13-28(32(39)33-17-14-25-21-34-29-7-5-4-6-27(25)29)31(35-22)24-15-18-37(19-16-24)30(38)20-23-9-11-26(12-10-23)36(2)3/h4-13,21,24,34H,14-20H2,1-3H3,(H,33,39). The van der Waals surface area contributed by atoms with Crippen molar-refractivity contribution in [3.05, 3.63) is 94.9 Å². The number of amides is 2. The molecule has 1 aliphatic heterocycles. The van der Waals surface area contributed by atoms with Gasteiger partial charge < -0.3 is 20.1 Å². The molecule has 39 heavy (non-hydrogen) atoms. The number of likely N-dealkylation sites (tertiary alicyclic amines) is 1. The van der Waals surface area contributed by atoms with Crippen LogP contribution in [-0.4, -0.2) is 60.4 Å². The van der Waals surface area contributed by atoms with E-state index in [0.29, 0.717) is 31.6 Å². The summed E-state index contributed by atoms with van der Waals surface area (Å²) in [4.78, 5) is 38.3. The average molecular weight is 524 g/mol. The van der Waals surface area contributed by atoms with Gasteiger partial charge in [0.05, 0.1) is 17.7 Å². The Balaban J connectivity index is 1.18. The molecule has 3 heterocycles. The van der Waals surface area contributed by atoms with Crippen LogP contribution < -0.4 is 10.2 Å². The van der Waals surface area contributed by atoms with Crippen molar-refractivity contribution >= 4 is 28.4 Å². The SMILES string of the molecule is Cc1ccc(C(=O)NCCc2c[nH]c3ccccc23)c(C2CCN(C(=O)Cc3ccc(N(C)C)cc3)CC2)n1. The maximum atomic E-state index is 13.2. The Labute approximate surface area is 230 Å². The van der Waals surface area contributed by atoms with Gasteiger partial charge in [0.15, 0.2) is 0 Å². The normalized spacial score (nSPS) is 14.0. The minimum atomic E-state index is -0.0861. The molecule has 5 rings (SSSR count). The number of para-hydroxylation sites is 1. The molecule has 0 bridgehead atoms. The Kier molecular flexibility index (Phi) is 7.96. The molecular formula is C32H37N5O2. The van der Waals surface area contributed by atoms with E-state index in [4.69, 9.17) is 4.98 Å². The molecule has 202 valence electrons. The Morgan fingerprint density at radius 3 is 2.51 bits per heavy atom. The fourth-order valence-corrected chi connectivity index (χ4v) is 5.43. The van der Waals surface area contributed by atoms with Crippen LogP contribution in [0.2, 0.25) is 0 Å². The largest absolute Gasteiger partial charge is 0.378 e. The summed E-state index contributed by atoms with van der Waals surface area (Å²) in [7, 11) is 4.02. The number of nitrogens with one attached hydrogen (secondary N) is 2. The van der Waals surface area contributed by atoms with Gasteiger partial charge in [0.25, 0.3) is 5.91 Å². The first-order chi connectivity index (χ1) is 18.9. The van der Waals surface area contributed by atoms with Crippen molar-refractivity contribution in [2.75, 3.05) is 38.6 Å². The van der Waals surface area contributed by atoms with Crippen molar-refractivity contribution in [3.8, 4) is 0 Å². The van der Waals surface area contributed by atoms with E-state index in [2.05, 4.69) is 22.4 Å². The summed E-state index contributed by atoms with van der Waals surface area (Å²) in [5.41, 5.74) is 6.85. The monoisotopic (exact) mass is 523 g/mol. The second-order valence-corrected chi connectivity index (χ2v) is 10.6. The summed E-state index contributed by atoms with van der Waals surface area (Å²) in [6.07, 6.45) is 4.78. The van der Waals surface area contributed by atoms with Crippen molar-refractivity contribution in [2.45, 2.75) is 38.5 Å². The lowest BCUT2D eigenvalue weighted by Gasteiger charge is -2.32. The maximum Gasteiger partial charge on any atom is 0.253 e. The van der Waals surface area contributed by atoms with E-state index in [-0.39, 0.29) is 17.7 Å². The lowest BCUT2D eigenvalue weighted by molar-refractivity contribution is -0.131. The van der Waals surface area contributed by atoms with Gasteiger partial charge >= 0.3 is 0 Å². The number of piperidine rings is 1. The highest BCUT2D eigenvalue weighted by atomic mass is 16.2. The summed E-state index contributed by atoms with van der Waals surface area (Å²) in [6.45, 7) is 3.87. The van der Waals surface area contributed by atoms with Crippen molar-refractivity contribution in [3.63, 3.8) is 0 Å². The molecule has 7 heteroatoms. The van der Waals surface area contributed by atoms with Crippen molar-refractivity contribution in [1.82, 2.24) is 20.2 Å². The lowest BCUT2D eigenvalue weighted by atomic mass is 9.89. The average Bonchev–Trinajstić information content (AvgIpc) is 3.36. The molecular weight excluding hydrogens is 486 g/mol. The van der Waals surface area contributed by atoms with Gasteiger partial charge in [0.2, 0.25) is 5.91 Å². The van der Waals surface area contributed by atoms with E-state index in [0.717, 1.165) is 47.4 Å². The molecule has 2 aromatic carbocycles. The molecule has 0 saturated carbocycles. The number of hydrogen-bond acceptors (Lipinski definition) is 4. The van der Waals surface area contributed by atoms with E-state index in [1.807, 2.05) is 85.5 Å². The first kappa shape index (κ1) is 26.5. The van der Waals surface area contributed by atoms with E-state index < -0.39 is 0 Å². The van der Waals surface area contributed by atoms with Gasteiger partial charge in [-0.25, -0.2) is 0 Å². The molecule has 0 aliphatic carbocycles. The van der Waals surface area contributed by atoms with Gasteiger partial charge in [-0.1, -0.05) is 30.3 Å². The summed E-state index contributed by atoms with van der Waals surface area (Å²) < 4.78 is 0. The number of aromatic nitrogens is 2. The number of aromatic amines is 1. The Hall–Kier alpha value is -4.13. The smallest absolute Gasteiger partial charge is 0.253 e. The second kappa shape index (κ2) is 11.7. The van der Waals surface area contributed by atoms with Crippen LogP contribution in [0.15, 0.2) is 66.9 Å². The predicted octanol–water partition coefficient (Wildman–Crippen LogP) is 4.86. The molecule has 1 saturated heterocycles. The first-order valence-electron chi connectivity index (χ1n) is 13.7. The fraction of sp³-hybridized carbons (Fsp3) is 0.344. The minimum Gasteiger partial charge on any atom is -0.378 e. The second-order valence-electron chi connectivity index (χ2n) is 10.6. The highest BCUT2D eigenvalue weighted by Crippen LogP contribution is 2.30. The Morgan fingerprint density at radius 2 is 1.77 bits per heavy atom. The van der Waals surface area contributed by atoms with Crippen LogP contribution in [-0.2, 0) is 17.6 Å². The number of carbonyl (C=O) groups is 2. The first-order valence-corrected chi connectivity index (χ1v) is 13.7. The molecule has 1 aliphatic rings. The number of hydrogen-bond donors (Lipinski definition) is 2. The highest BCUT2D eigenvalue weighted by Gasteiger charge is 2.28. The predicted molar refractivity (Wildman–Crippen MR) is 156 cm³/mol. The lowest BCUT2D eigenvalue weighted by Crippen LogP contribution is -2.39. The van der Waals surface area contributed by atoms with Crippen LogP contribution in [0.4, 0.5) is 5.69 Å². The molecule has 0 radical (unpaired) electrons. The number of anilines is 1. The topological polar surface area (TPSA) is 81.3 Å². The van der Waals surface area contributed by atoms with Crippen LogP contribution in [0.1, 0.15) is 51.6 Å². The summed E-state index contributed by atoms with van der Waals surface area (Å²) in [5.74, 6) is 0.221. The van der Waals surface area contributed by atoms with Gasteiger partial charge in [0.1, 0.15) is 0 Å². The molecule has 0 unspecified atom stereocenters. The minimum absolute atomic E-state index is 0.0861.